The fourth-order valence-corrected chi connectivity index (χ4v) is 3.98. The molecule has 0 heterocycles. The Morgan fingerprint density at radius 2 is 1.73 bits per heavy atom. The van der Waals surface area contributed by atoms with Gasteiger partial charge in [-0.2, -0.15) is 13.2 Å². The standard InChI is InChI=1S/C16H24F3NO2/c1-9(21)12-8-13(15(12,2)3)14(22)20-11-6-4-5-10(7-11)16(17,18)19/h10-13H,4-8H2,1-3H3,(H,20,22)/t10-,11-,12+,13-/m1/s1. The van der Waals surface area contributed by atoms with Gasteiger partial charge in [-0.25, -0.2) is 0 Å². The zero-order valence-electron chi connectivity index (χ0n) is 13.3. The van der Waals surface area contributed by atoms with E-state index in [9.17, 15) is 22.8 Å². The van der Waals surface area contributed by atoms with Gasteiger partial charge >= 0.3 is 6.18 Å². The molecule has 0 aliphatic heterocycles. The lowest BCUT2D eigenvalue weighted by atomic mass is 9.53. The number of hydrogen-bond acceptors (Lipinski definition) is 2. The smallest absolute Gasteiger partial charge is 0.353 e. The maximum absolute atomic E-state index is 12.8. The summed E-state index contributed by atoms with van der Waals surface area (Å²) in [5.41, 5.74) is -0.409. The lowest BCUT2D eigenvalue weighted by Crippen LogP contribution is -2.56. The quantitative estimate of drug-likeness (QED) is 0.866. The van der Waals surface area contributed by atoms with Crippen molar-refractivity contribution >= 4 is 11.7 Å². The van der Waals surface area contributed by atoms with Crippen LogP contribution in [0.15, 0.2) is 0 Å². The third-order valence-corrected chi connectivity index (χ3v) is 5.56. The third kappa shape index (κ3) is 3.30. The molecule has 2 rings (SSSR count). The molecule has 2 aliphatic rings. The molecule has 0 radical (unpaired) electrons. The molecule has 3 nitrogen and oxygen atoms in total. The molecule has 6 heteroatoms. The number of hydrogen-bond donors (Lipinski definition) is 1. The summed E-state index contributed by atoms with van der Waals surface area (Å²) in [6.07, 6.45) is -2.47. The molecule has 1 amide bonds. The summed E-state index contributed by atoms with van der Waals surface area (Å²) in [6.45, 7) is 5.29. The van der Waals surface area contributed by atoms with Crippen molar-refractivity contribution in [3.8, 4) is 0 Å². The molecule has 22 heavy (non-hydrogen) atoms. The second-order valence-corrected chi connectivity index (χ2v) is 7.38. The van der Waals surface area contributed by atoms with E-state index in [1.165, 1.54) is 6.92 Å². The van der Waals surface area contributed by atoms with Gasteiger partial charge < -0.3 is 5.32 Å². The van der Waals surface area contributed by atoms with E-state index in [2.05, 4.69) is 5.32 Å². The zero-order chi connectivity index (χ0) is 16.7. The van der Waals surface area contributed by atoms with Crippen LogP contribution in [-0.4, -0.2) is 23.9 Å². The highest BCUT2D eigenvalue weighted by Crippen LogP contribution is 2.51. The summed E-state index contributed by atoms with van der Waals surface area (Å²) in [5.74, 6) is -1.85. The van der Waals surface area contributed by atoms with Crippen LogP contribution in [0, 0.1) is 23.2 Å². The maximum Gasteiger partial charge on any atom is 0.391 e. The van der Waals surface area contributed by atoms with Crippen molar-refractivity contribution in [3.63, 3.8) is 0 Å². The largest absolute Gasteiger partial charge is 0.391 e. The molecular formula is C16H24F3NO2. The first kappa shape index (κ1) is 17.3. The molecule has 2 saturated carbocycles. The Balaban J connectivity index is 1.92. The maximum atomic E-state index is 12.8. The molecule has 0 saturated heterocycles. The number of ketones is 1. The monoisotopic (exact) mass is 319 g/mol. The second kappa shape index (κ2) is 5.85. The fourth-order valence-electron chi connectivity index (χ4n) is 3.98. The average molecular weight is 319 g/mol. The summed E-state index contributed by atoms with van der Waals surface area (Å²) < 4.78 is 38.4. The van der Waals surface area contributed by atoms with Crippen molar-refractivity contribution in [2.24, 2.45) is 23.2 Å². The van der Waals surface area contributed by atoms with E-state index in [-0.39, 0.29) is 36.4 Å². The average Bonchev–Trinajstić information content (AvgIpc) is 2.36. The highest BCUT2D eigenvalue weighted by atomic mass is 19.4. The Kier molecular flexibility index (Phi) is 4.60. The Morgan fingerprint density at radius 1 is 1.09 bits per heavy atom. The van der Waals surface area contributed by atoms with Crippen LogP contribution in [0.25, 0.3) is 0 Å². The number of carbonyl (C=O) groups is 2. The Bertz CT molecular complexity index is 459. The zero-order valence-corrected chi connectivity index (χ0v) is 13.3. The molecule has 0 aromatic carbocycles. The Morgan fingerprint density at radius 3 is 2.23 bits per heavy atom. The molecule has 0 aromatic rings. The van der Waals surface area contributed by atoms with Crippen LogP contribution in [0.4, 0.5) is 13.2 Å². The molecule has 4 atom stereocenters. The van der Waals surface area contributed by atoms with Gasteiger partial charge in [0.15, 0.2) is 0 Å². The normalized spacial score (nSPS) is 34.6. The van der Waals surface area contributed by atoms with Crippen molar-refractivity contribution < 1.29 is 22.8 Å². The van der Waals surface area contributed by atoms with E-state index in [1.807, 2.05) is 13.8 Å². The van der Waals surface area contributed by atoms with Crippen molar-refractivity contribution in [1.29, 1.82) is 0 Å². The fraction of sp³-hybridized carbons (Fsp3) is 0.875. The van der Waals surface area contributed by atoms with Crippen LogP contribution < -0.4 is 5.32 Å². The van der Waals surface area contributed by atoms with Gasteiger partial charge in [0.25, 0.3) is 0 Å². The van der Waals surface area contributed by atoms with Crippen LogP contribution in [0.5, 0.6) is 0 Å². The van der Waals surface area contributed by atoms with Crippen molar-refractivity contribution in [2.75, 3.05) is 0 Å². The van der Waals surface area contributed by atoms with E-state index in [1.54, 1.807) is 0 Å². The van der Waals surface area contributed by atoms with Crippen LogP contribution in [0.3, 0.4) is 0 Å². The van der Waals surface area contributed by atoms with Crippen molar-refractivity contribution in [1.82, 2.24) is 5.32 Å². The third-order valence-electron chi connectivity index (χ3n) is 5.56. The SMILES string of the molecule is CC(=O)[C@@H]1C[C@H](C(=O)N[C@@H]2CCC[C@@H](C(F)(F)F)C2)C1(C)C. The molecular weight excluding hydrogens is 295 g/mol. The predicted octanol–water partition coefficient (Wildman–Crippen LogP) is 3.48. The summed E-state index contributed by atoms with van der Waals surface area (Å²) in [5, 5.41) is 2.79. The summed E-state index contributed by atoms with van der Waals surface area (Å²) in [4.78, 5) is 23.8. The van der Waals surface area contributed by atoms with Gasteiger partial charge in [-0.15, -0.1) is 0 Å². The topological polar surface area (TPSA) is 46.2 Å². The van der Waals surface area contributed by atoms with Crippen LogP contribution in [0.1, 0.15) is 52.9 Å². The van der Waals surface area contributed by atoms with Gasteiger partial charge in [0, 0.05) is 17.9 Å². The van der Waals surface area contributed by atoms with Crippen LogP contribution in [-0.2, 0) is 9.59 Å². The molecule has 0 aromatic heterocycles. The van der Waals surface area contributed by atoms with Gasteiger partial charge in [-0.05, 0) is 38.0 Å². The molecule has 2 fully saturated rings. The van der Waals surface area contributed by atoms with E-state index in [0.717, 1.165) is 0 Å². The highest BCUT2D eigenvalue weighted by molar-refractivity contribution is 5.87. The molecule has 2 aliphatic carbocycles. The number of nitrogens with one attached hydrogen (secondary N) is 1. The molecule has 0 spiro atoms. The number of Topliss-reactive ketones (excluding diaryl/α,β-unsaturated/α-hetero) is 1. The van der Waals surface area contributed by atoms with Crippen molar-refractivity contribution in [2.45, 2.75) is 65.1 Å². The van der Waals surface area contributed by atoms with Gasteiger partial charge in [0.05, 0.1) is 5.92 Å². The lowest BCUT2D eigenvalue weighted by Gasteiger charge is -2.50. The van der Waals surface area contributed by atoms with E-state index >= 15 is 0 Å². The minimum atomic E-state index is -4.18. The molecule has 0 unspecified atom stereocenters. The lowest BCUT2D eigenvalue weighted by molar-refractivity contribution is -0.184. The summed E-state index contributed by atoms with van der Waals surface area (Å²) in [6, 6.07) is -0.403. The molecule has 1 N–H and O–H groups in total. The van der Waals surface area contributed by atoms with Crippen LogP contribution in [0.2, 0.25) is 0 Å². The van der Waals surface area contributed by atoms with Crippen LogP contribution >= 0.6 is 0 Å². The predicted molar refractivity (Wildman–Crippen MR) is 76.0 cm³/mol. The number of amides is 1. The minimum Gasteiger partial charge on any atom is -0.353 e. The van der Waals surface area contributed by atoms with Gasteiger partial charge in [-0.1, -0.05) is 20.3 Å². The second-order valence-electron chi connectivity index (χ2n) is 7.38. The summed E-state index contributed by atoms with van der Waals surface area (Å²) >= 11 is 0. The first-order valence-electron chi connectivity index (χ1n) is 7.91. The van der Waals surface area contributed by atoms with Crippen molar-refractivity contribution in [3.05, 3.63) is 0 Å². The molecule has 126 valence electrons. The van der Waals surface area contributed by atoms with Gasteiger partial charge in [0.1, 0.15) is 5.78 Å². The van der Waals surface area contributed by atoms with E-state index < -0.39 is 23.6 Å². The number of carbonyl (C=O) groups excluding carboxylic acids is 2. The van der Waals surface area contributed by atoms with E-state index in [0.29, 0.717) is 19.3 Å². The first-order chi connectivity index (χ1) is 10.0. The van der Waals surface area contributed by atoms with Gasteiger partial charge in [-0.3, -0.25) is 9.59 Å². The Hall–Kier alpha value is -1.07. The number of alkyl halides is 3. The summed E-state index contributed by atoms with van der Waals surface area (Å²) in [7, 11) is 0. The van der Waals surface area contributed by atoms with E-state index in [4.69, 9.17) is 0 Å². The highest BCUT2D eigenvalue weighted by Gasteiger charge is 2.54. The first-order valence-corrected chi connectivity index (χ1v) is 7.91. The molecule has 0 bridgehead atoms. The number of halogens is 3. The minimum absolute atomic E-state index is 0.0292. The number of rotatable bonds is 3. The Labute approximate surface area is 129 Å². The van der Waals surface area contributed by atoms with Gasteiger partial charge in [0.2, 0.25) is 5.91 Å².